The Hall–Kier alpha value is -1.01. The Labute approximate surface area is 79.3 Å². The van der Waals surface area contributed by atoms with Crippen molar-refractivity contribution in [3.8, 4) is 12.3 Å². The van der Waals surface area contributed by atoms with E-state index in [-0.39, 0.29) is 18.4 Å². The number of likely N-dealkylation sites (tertiary alicyclic amines) is 1. The first kappa shape index (κ1) is 10.1. The minimum Gasteiger partial charge on any atom is -0.342 e. The van der Waals surface area contributed by atoms with Crippen molar-refractivity contribution < 1.29 is 4.79 Å². The summed E-state index contributed by atoms with van der Waals surface area (Å²) in [5.74, 6) is 2.87. The van der Waals surface area contributed by atoms with Crippen molar-refractivity contribution in [3.05, 3.63) is 0 Å². The number of hydrogen-bond acceptors (Lipinski definition) is 2. The number of nitrogens with zero attached hydrogens (tertiary/aromatic N) is 1. The van der Waals surface area contributed by atoms with Crippen molar-refractivity contribution in [3.63, 3.8) is 0 Å². The molecule has 0 radical (unpaired) electrons. The average molecular weight is 180 g/mol. The lowest BCUT2D eigenvalue weighted by Crippen LogP contribution is -2.32. The summed E-state index contributed by atoms with van der Waals surface area (Å²) in [5, 5.41) is 0. The lowest BCUT2D eigenvalue weighted by atomic mass is 10.0. The second-order valence-electron chi connectivity index (χ2n) is 3.63. The first-order valence-electron chi connectivity index (χ1n) is 4.62. The van der Waals surface area contributed by atoms with Gasteiger partial charge in [0, 0.05) is 19.1 Å². The van der Waals surface area contributed by atoms with Gasteiger partial charge >= 0.3 is 0 Å². The van der Waals surface area contributed by atoms with Gasteiger partial charge in [-0.25, -0.2) is 0 Å². The number of amides is 1. The molecule has 1 aliphatic heterocycles. The van der Waals surface area contributed by atoms with Gasteiger partial charge in [0.2, 0.25) is 5.91 Å². The summed E-state index contributed by atoms with van der Waals surface area (Å²) in [6.07, 6.45) is 6.29. The molecule has 1 heterocycles. The molecule has 3 heteroatoms. The van der Waals surface area contributed by atoms with Crippen LogP contribution in [0.4, 0.5) is 0 Å². The molecule has 2 atom stereocenters. The number of rotatable bonds is 2. The monoisotopic (exact) mass is 180 g/mol. The van der Waals surface area contributed by atoms with Gasteiger partial charge in [0.15, 0.2) is 0 Å². The molecule has 0 saturated carbocycles. The van der Waals surface area contributed by atoms with E-state index >= 15 is 0 Å². The SMILES string of the molecule is C#CCC(=O)N1CCC(C(C)N)C1. The molecule has 0 aromatic rings. The first-order chi connectivity index (χ1) is 6.15. The van der Waals surface area contributed by atoms with Gasteiger partial charge in [-0.15, -0.1) is 6.42 Å². The van der Waals surface area contributed by atoms with E-state index in [1.807, 2.05) is 11.8 Å². The Morgan fingerprint density at radius 2 is 2.54 bits per heavy atom. The fourth-order valence-corrected chi connectivity index (χ4v) is 1.64. The quantitative estimate of drug-likeness (QED) is 0.617. The second-order valence-corrected chi connectivity index (χ2v) is 3.63. The highest BCUT2D eigenvalue weighted by molar-refractivity contribution is 5.78. The molecule has 3 nitrogen and oxygen atoms in total. The summed E-state index contributed by atoms with van der Waals surface area (Å²) >= 11 is 0. The third kappa shape index (κ3) is 2.46. The summed E-state index contributed by atoms with van der Waals surface area (Å²) in [4.78, 5) is 13.2. The molecular weight excluding hydrogens is 164 g/mol. The number of nitrogens with two attached hydrogens (primary N) is 1. The van der Waals surface area contributed by atoms with E-state index in [0.717, 1.165) is 19.5 Å². The summed E-state index contributed by atoms with van der Waals surface area (Å²) in [6.45, 7) is 3.57. The van der Waals surface area contributed by atoms with Crippen LogP contribution in [0.25, 0.3) is 0 Å². The van der Waals surface area contributed by atoms with Crippen LogP contribution in [0.15, 0.2) is 0 Å². The molecule has 1 amide bonds. The lowest BCUT2D eigenvalue weighted by Gasteiger charge is -2.16. The highest BCUT2D eigenvalue weighted by atomic mass is 16.2. The molecule has 1 fully saturated rings. The van der Waals surface area contributed by atoms with Crippen LogP contribution >= 0.6 is 0 Å². The van der Waals surface area contributed by atoms with Crippen LogP contribution in [0.3, 0.4) is 0 Å². The van der Waals surface area contributed by atoms with Gasteiger partial charge in [-0.3, -0.25) is 4.79 Å². The number of hydrogen-bond donors (Lipinski definition) is 1. The Morgan fingerprint density at radius 3 is 3.00 bits per heavy atom. The molecule has 1 aliphatic rings. The average Bonchev–Trinajstić information content (AvgIpc) is 2.52. The molecular formula is C10H16N2O. The van der Waals surface area contributed by atoms with Gasteiger partial charge < -0.3 is 10.6 Å². The maximum atomic E-state index is 11.4. The van der Waals surface area contributed by atoms with E-state index in [4.69, 9.17) is 12.2 Å². The van der Waals surface area contributed by atoms with Crippen LogP contribution in [0, 0.1) is 18.3 Å². The number of carbonyl (C=O) groups is 1. The zero-order valence-electron chi connectivity index (χ0n) is 7.99. The fraction of sp³-hybridized carbons (Fsp3) is 0.700. The fourth-order valence-electron chi connectivity index (χ4n) is 1.64. The minimum absolute atomic E-state index is 0.0608. The van der Waals surface area contributed by atoms with E-state index in [2.05, 4.69) is 5.92 Å². The van der Waals surface area contributed by atoms with Crippen LogP contribution in [-0.2, 0) is 4.79 Å². The molecule has 72 valence electrons. The second kappa shape index (κ2) is 4.29. The molecule has 1 rings (SSSR count). The highest BCUT2D eigenvalue weighted by Gasteiger charge is 2.27. The number of terminal acetylenes is 1. The van der Waals surface area contributed by atoms with E-state index < -0.39 is 0 Å². The van der Waals surface area contributed by atoms with E-state index in [1.165, 1.54) is 0 Å². The Bertz CT molecular complexity index is 230. The minimum atomic E-state index is 0.0608. The largest absolute Gasteiger partial charge is 0.342 e. The predicted octanol–water partition coefficient (Wildman–Crippen LogP) is 0.205. The van der Waals surface area contributed by atoms with Gasteiger partial charge in [0.1, 0.15) is 0 Å². The molecule has 1 saturated heterocycles. The van der Waals surface area contributed by atoms with Crippen LogP contribution < -0.4 is 5.73 Å². The van der Waals surface area contributed by atoms with Crippen molar-refractivity contribution >= 4 is 5.91 Å². The van der Waals surface area contributed by atoms with E-state index in [0.29, 0.717) is 5.92 Å². The maximum Gasteiger partial charge on any atom is 0.234 e. The van der Waals surface area contributed by atoms with Crippen molar-refractivity contribution in [1.29, 1.82) is 0 Å². The molecule has 2 unspecified atom stereocenters. The van der Waals surface area contributed by atoms with Crippen molar-refractivity contribution in [2.24, 2.45) is 11.7 Å². The van der Waals surface area contributed by atoms with Crippen LogP contribution in [0.5, 0.6) is 0 Å². The van der Waals surface area contributed by atoms with E-state index in [9.17, 15) is 4.79 Å². The standard InChI is InChI=1S/C10H16N2O/c1-3-4-10(13)12-6-5-9(7-12)8(2)11/h1,8-9H,4-7,11H2,2H3. The van der Waals surface area contributed by atoms with E-state index in [1.54, 1.807) is 0 Å². The normalized spacial score (nSPS) is 24.1. The van der Waals surface area contributed by atoms with Gasteiger partial charge in [0.25, 0.3) is 0 Å². The Balaban J connectivity index is 2.41. The highest BCUT2D eigenvalue weighted by Crippen LogP contribution is 2.18. The predicted molar refractivity (Wildman–Crippen MR) is 51.8 cm³/mol. The molecule has 0 spiro atoms. The molecule has 0 bridgehead atoms. The third-order valence-corrected chi connectivity index (χ3v) is 2.57. The van der Waals surface area contributed by atoms with Crippen LogP contribution in [0.2, 0.25) is 0 Å². The maximum absolute atomic E-state index is 11.4. The third-order valence-electron chi connectivity index (χ3n) is 2.57. The summed E-state index contributed by atoms with van der Waals surface area (Å²) in [5.41, 5.74) is 5.76. The Morgan fingerprint density at radius 1 is 1.85 bits per heavy atom. The molecule has 0 aliphatic carbocycles. The molecule has 0 aromatic heterocycles. The van der Waals surface area contributed by atoms with Crippen LogP contribution in [-0.4, -0.2) is 29.9 Å². The van der Waals surface area contributed by atoms with Crippen molar-refractivity contribution in [2.45, 2.75) is 25.8 Å². The zero-order valence-corrected chi connectivity index (χ0v) is 7.99. The summed E-state index contributed by atoms with van der Waals surface area (Å²) in [7, 11) is 0. The van der Waals surface area contributed by atoms with Gasteiger partial charge in [0.05, 0.1) is 6.42 Å². The smallest absolute Gasteiger partial charge is 0.234 e. The van der Waals surface area contributed by atoms with Crippen molar-refractivity contribution in [2.75, 3.05) is 13.1 Å². The first-order valence-corrected chi connectivity index (χ1v) is 4.62. The molecule has 2 N–H and O–H groups in total. The van der Waals surface area contributed by atoms with Crippen LogP contribution in [0.1, 0.15) is 19.8 Å². The Kier molecular flexibility index (Phi) is 3.32. The van der Waals surface area contributed by atoms with Gasteiger partial charge in [-0.2, -0.15) is 0 Å². The van der Waals surface area contributed by atoms with Gasteiger partial charge in [-0.05, 0) is 19.3 Å². The zero-order chi connectivity index (χ0) is 9.84. The molecule has 0 aromatic carbocycles. The van der Waals surface area contributed by atoms with Gasteiger partial charge in [-0.1, -0.05) is 5.92 Å². The summed E-state index contributed by atoms with van der Waals surface area (Å²) in [6, 6.07) is 0.170. The summed E-state index contributed by atoms with van der Waals surface area (Å²) < 4.78 is 0. The molecule has 13 heavy (non-hydrogen) atoms. The topological polar surface area (TPSA) is 46.3 Å². The van der Waals surface area contributed by atoms with Crippen molar-refractivity contribution in [1.82, 2.24) is 4.90 Å². The number of carbonyl (C=O) groups excluding carboxylic acids is 1. The lowest BCUT2D eigenvalue weighted by molar-refractivity contribution is -0.129.